The molecule has 1 saturated heterocycles. The van der Waals surface area contributed by atoms with Crippen LogP contribution in [0.1, 0.15) is 13.8 Å². The zero-order valence-electron chi connectivity index (χ0n) is 6.58. The van der Waals surface area contributed by atoms with Gasteiger partial charge in [0.25, 0.3) is 0 Å². The Kier molecular flexibility index (Phi) is 4.25. The number of nitrogens with zero attached hydrogens (tertiary/aromatic N) is 1. The number of aliphatic hydroxyl groups is 1. The molecule has 0 aromatic heterocycles. The van der Waals surface area contributed by atoms with Gasteiger partial charge in [0.2, 0.25) is 0 Å². The van der Waals surface area contributed by atoms with Gasteiger partial charge in [0, 0.05) is 31.7 Å². The first-order valence-corrected chi connectivity index (χ1v) is 3.59. The second-order valence-corrected chi connectivity index (χ2v) is 3.10. The average molecular weight is 166 g/mol. The monoisotopic (exact) mass is 165 g/mol. The van der Waals surface area contributed by atoms with E-state index in [-0.39, 0.29) is 12.4 Å². The molecule has 62 valence electrons. The molecule has 1 N–H and O–H groups in total. The van der Waals surface area contributed by atoms with Crippen molar-refractivity contribution < 1.29 is 5.11 Å². The van der Waals surface area contributed by atoms with Gasteiger partial charge in [-0.05, 0) is 13.8 Å². The number of hydrogen-bond donors (Lipinski definition) is 1. The summed E-state index contributed by atoms with van der Waals surface area (Å²) in [5.74, 6) is 0.562. The summed E-state index contributed by atoms with van der Waals surface area (Å²) in [4.78, 5) is 2.36. The van der Waals surface area contributed by atoms with E-state index in [1.807, 2.05) is 0 Å². The van der Waals surface area contributed by atoms with Crippen LogP contribution in [-0.4, -0.2) is 35.7 Å². The third-order valence-corrected chi connectivity index (χ3v) is 1.97. The summed E-state index contributed by atoms with van der Waals surface area (Å²) in [6, 6.07) is 0.660. The molecule has 1 rings (SSSR count). The molecule has 1 aliphatic heterocycles. The molecule has 0 unspecified atom stereocenters. The Bertz CT molecular complexity index is 91.6. The van der Waals surface area contributed by atoms with Crippen molar-refractivity contribution in [2.45, 2.75) is 19.9 Å². The molecule has 2 nitrogen and oxygen atoms in total. The predicted octanol–water partition coefficient (Wildman–Crippen LogP) is 0.741. The molecule has 0 aromatic carbocycles. The Labute approximate surface area is 68.6 Å². The van der Waals surface area contributed by atoms with Crippen LogP contribution >= 0.6 is 12.4 Å². The largest absolute Gasteiger partial charge is 0.396 e. The zero-order valence-corrected chi connectivity index (χ0v) is 7.40. The van der Waals surface area contributed by atoms with Crippen molar-refractivity contribution in [2.75, 3.05) is 19.7 Å². The van der Waals surface area contributed by atoms with Crippen LogP contribution in [0.3, 0.4) is 0 Å². The van der Waals surface area contributed by atoms with Crippen molar-refractivity contribution in [2.24, 2.45) is 5.92 Å². The summed E-state index contributed by atoms with van der Waals surface area (Å²) in [5.41, 5.74) is 0. The van der Waals surface area contributed by atoms with Gasteiger partial charge in [0.1, 0.15) is 0 Å². The molecule has 0 spiro atoms. The van der Waals surface area contributed by atoms with Crippen molar-refractivity contribution in [3.63, 3.8) is 0 Å². The Morgan fingerprint density at radius 1 is 1.50 bits per heavy atom. The van der Waals surface area contributed by atoms with Gasteiger partial charge in [-0.15, -0.1) is 12.4 Å². The average Bonchev–Trinajstić information content (AvgIpc) is 1.61. The van der Waals surface area contributed by atoms with E-state index in [0.717, 1.165) is 13.1 Å². The summed E-state index contributed by atoms with van der Waals surface area (Å²) < 4.78 is 0. The molecule has 1 aliphatic rings. The van der Waals surface area contributed by atoms with E-state index in [4.69, 9.17) is 5.11 Å². The molecule has 0 atom stereocenters. The second-order valence-electron chi connectivity index (χ2n) is 3.10. The molecule has 1 heterocycles. The quantitative estimate of drug-likeness (QED) is 0.653. The van der Waals surface area contributed by atoms with Gasteiger partial charge < -0.3 is 10.0 Å². The summed E-state index contributed by atoms with van der Waals surface area (Å²) >= 11 is 0. The van der Waals surface area contributed by atoms with Crippen LogP contribution in [0.2, 0.25) is 0 Å². The lowest BCUT2D eigenvalue weighted by molar-refractivity contribution is 0.0308. The summed E-state index contributed by atoms with van der Waals surface area (Å²) in [6.07, 6.45) is 0. The second kappa shape index (κ2) is 4.16. The highest BCUT2D eigenvalue weighted by atomic mass is 35.5. The zero-order chi connectivity index (χ0) is 6.85. The molecule has 3 heteroatoms. The lowest BCUT2D eigenvalue weighted by Crippen LogP contribution is -2.51. The van der Waals surface area contributed by atoms with Gasteiger partial charge >= 0.3 is 0 Å². The van der Waals surface area contributed by atoms with E-state index in [2.05, 4.69) is 18.7 Å². The fraction of sp³-hybridized carbons (Fsp3) is 1.00. The minimum atomic E-state index is 0. The van der Waals surface area contributed by atoms with Crippen LogP contribution in [0.15, 0.2) is 0 Å². The van der Waals surface area contributed by atoms with Gasteiger partial charge in [-0.25, -0.2) is 0 Å². The molecule has 0 aliphatic carbocycles. The van der Waals surface area contributed by atoms with E-state index in [1.54, 1.807) is 0 Å². The van der Waals surface area contributed by atoms with Crippen LogP contribution < -0.4 is 0 Å². The maximum absolute atomic E-state index is 8.66. The molecule has 10 heavy (non-hydrogen) atoms. The number of rotatable bonds is 2. The minimum Gasteiger partial charge on any atom is -0.396 e. The van der Waals surface area contributed by atoms with E-state index >= 15 is 0 Å². The highest BCUT2D eigenvalue weighted by Gasteiger charge is 2.26. The fourth-order valence-electron chi connectivity index (χ4n) is 1.15. The van der Waals surface area contributed by atoms with Crippen LogP contribution in [-0.2, 0) is 0 Å². The summed E-state index contributed by atoms with van der Waals surface area (Å²) in [5, 5.41) is 8.66. The molecule has 0 aromatic rings. The van der Waals surface area contributed by atoms with Crippen molar-refractivity contribution >= 4 is 12.4 Å². The first-order chi connectivity index (χ1) is 4.24. The molecule has 0 saturated carbocycles. The van der Waals surface area contributed by atoms with Crippen molar-refractivity contribution in [1.29, 1.82) is 0 Å². The fourth-order valence-corrected chi connectivity index (χ4v) is 1.15. The lowest BCUT2D eigenvalue weighted by atomic mass is 10.00. The first-order valence-electron chi connectivity index (χ1n) is 3.59. The molecule has 0 radical (unpaired) electrons. The van der Waals surface area contributed by atoms with E-state index < -0.39 is 0 Å². The van der Waals surface area contributed by atoms with Crippen molar-refractivity contribution in [3.8, 4) is 0 Å². The highest BCUT2D eigenvalue weighted by molar-refractivity contribution is 5.85. The number of likely N-dealkylation sites (tertiary alicyclic amines) is 1. The van der Waals surface area contributed by atoms with Crippen LogP contribution in [0.5, 0.6) is 0 Å². The van der Waals surface area contributed by atoms with Crippen molar-refractivity contribution in [1.82, 2.24) is 4.90 Å². The van der Waals surface area contributed by atoms with Crippen LogP contribution in [0.4, 0.5) is 0 Å². The van der Waals surface area contributed by atoms with Gasteiger partial charge in [0.05, 0.1) is 0 Å². The van der Waals surface area contributed by atoms with Gasteiger partial charge in [-0.3, -0.25) is 0 Å². The number of hydrogen-bond acceptors (Lipinski definition) is 2. The molecule has 0 amide bonds. The normalized spacial score (nSPS) is 20.4. The van der Waals surface area contributed by atoms with E-state index in [1.165, 1.54) is 0 Å². The van der Waals surface area contributed by atoms with Crippen molar-refractivity contribution in [3.05, 3.63) is 0 Å². The Balaban J connectivity index is 0.000000810. The number of aliphatic hydroxyl groups excluding tert-OH is 1. The van der Waals surface area contributed by atoms with Gasteiger partial charge in [0.15, 0.2) is 0 Å². The van der Waals surface area contributed by atoms with Crippen LogP contribution in [0, 0.1) is 5.92 Å². The smallest absolute Gasteiger partial charge is 0.0483 e. The van der Waals surface area contributed by atoms with E-state index in [0.29, 0.717) is 18.6 Å². The SMILES string of the molecule is CC(C)N1CC(CO)C1.Cl. The Hall–Kier alpha value is 0.210. The minimum absolute atomic E-state index is 0. The standard InChI is InChI=1S/C7H15NO.ClH/c1-6(2)8-3-7(4-8)5-9;/h6-7,9H,3-5H2,1-2H3;1H. The molecular formula is C7H16ClNO. The molecule has 1 fully saturated rings. The summed E-state index contributed by atoms with van der Waals surface area (Å²) in [6.45, 7) is 6.92. The molecular weight excluding hydrogens is 150 g/mol. The topological polar surface area (TPSA) is 23.5 Å². The lowest BCUT2D eigenvalue weighted by Gasteiger charge is -2.41. The van der Waals surface area contributed by atoms with Gasteiger partial charge in [-0.1, -0.05) is 0 Å². The van der Waals surface area contributed by atoms with Crippen LogP contribution in [0.25, 0.3) is 0 Å². The predicted molar refractivity (Wildman–Crippen MR) is 44.5 cm³/mol. The maximum atomic E-state index is 8.66. The summed E-state index contributed by atoms with van der Waals surface area (Å²) in [7, 11) is 0. The Morgan fingerprint density at radius 3 is 2.30 bits per heavy atom. The van der Waals surface area contributed by atoms with Gasteiger partial charge in [-0.2, -0.15) is 0 Å². The van der Waals surface area contributed by atoms with E-state index in [9.17, 15) is 0 Å². The maximum Gasteiger partial charge on any atom is 0.0483 e. The first kappa shape index (κ1) is 10.2. The third-order valence-electron chi connectivity index (χ3n) is 1.97. The Morgan fingerprint density at radius 2 is 2.00 bits per heavy atom. The third kappa shape index (κ3) is 2.11. The number of halogens is 1. The molecule has 0 bridgehead atoms. The highest BCUT2D eigenvalue weighted by Crippen LogP contribution is 2.16.